The number of carbonyl (C=O) groups is 2. The summed E-state index contributed by atoms with van der Waals surface area (Å²) < 4.78 is 1.96. The molecule has 8 heteroatoms. The molecule has 1 fully saturated rings. The van der Waals surface area contributed by atoms with Gasteiger partial charge in [-0.3, -0.25) is 9.59 Å². The average molecular weight is 436 g/mol. The molecule has 3 N–H and O–H groups in total. The molecule has 1 aliphatic rings. The number of aliphatic hydroxyl groups is 1. The Kier molecular flexibility index (Phi) is 6.50. The fourth-order valence-corrected chi connectivity index (χ4v) is 4.34. The smallest absolute Gasteiger partial charge is 0.252 e. The highest BCUT2D eigenvalue weighted by atomic mass is 16.3. The maximum Gasteiger partial charge on any atom is 0.252 e. The normalized spacial score (nSPS) is 15.1. The van der Waals surface area contributed by atoms with Crippen LogP contribution in [0.4, 0.5) is 0 Å². The second-order valence-electron chi connectivity index (χ2n) is 8.50. The third kappa shape index (κ3) is 4.65. The van der Waals surface area contributed by atoms with Crippen LogP contribution < -0.4 is 10.6 Å². The zero-order valence-electron chi connectivity index (χ0n) is 18.5. The van der Waals surface area contributed by atoms with E-state index in [1.165, 1.54) is 12.8 Å². The first-order valence-electron chi connectivity index (χ1n) is 11.1. The largest absolute Gasteiger partial charge is 0.389 e. The number of pyridine rings is 1. The minimum absolute atomic E-state index is 0.0191. The summed E-state index contributed by atoms with van der Waals surface area (Å²) in [7, 11) is 0. The molecule has 4 rings (SSSR count). The van der Waals surface area contributed by atoms with E-state index in [2.05, 4.69) is 20.7 Å². The fraction of sp³-hybridized carbons (Fsp3) is 0.417. The summed E-state index contributed by atoms with van der Waals surface area (Å²) in [5.74, 6) is -0.562. The van der Waals surface area contributed by atoms with Crippen molar-refractivity contribution in [3.05, 3.63) is 58.9 Å². The van der Waals surface area contributed by atoms with Crippen LogP contribution in [0, 0.1) is 13.8 Å². The van der Waals surface area contributed by atoms with E-state index < -0.39 is 6.10 Å². The molecule has 1 atom stereocenters. The highest BCUT2D eigenvalue weighted by Gasteiger charge is 2.21. The lowest BCUT2D eigenvalue weighted by molar-refractivity contribution is 0.0884. The van der Waals surface area contributed by atoms with Crippen molar-refractivity contribution in [2.45, 2.75) is 51.7 Å². The van der Waals surface area contributed by atoms with Crippen LogP contribution in [0.2, 0.25) is 0 Å². The van der Waals surface area contributed by atoms with Gasteiger partial charge in [0.25, 0.3) is 11.8 Å². The minimum atomic E-state index is -0.908. The molecule has 1 unspecified atom stereocenters. The molecule has 0 saturated heterocycles. The fourth-order valence-electron chi connectivity index (χ4n) is 4.34. The number of nitrogens with one attached hydrogen (secondary N) is 2. The summed E-state index contributed by atoms with van der Waals surface area (Å²) in [4.78, 5) is 29.4. The minimum Gasteiger partial charge on any atom is -0.389 e. The van der Waals surface area contributed by atoms with E-state index in [-0.39, 0.29) is 24.9 Å². The lowest BCUT2D eigenvalue weighted by Gasteiger charge is -2.15. The van der Waals surface area contributed by atoms with E-state index in [1.54, 1.807) is 18.5 Å². The highest BCUT2D eigenvalue weighted by Crippen LogP contribution is 2.31. The van der Waals surface area contributed by atoms with Crippen LogP contribution in [0.3, 0.4) is 0 Å². The van der Waals surface area contributed by atoms with Crippen LogP contribution in [-0.4, -0.2) is 50.9 Å². The first kappa shape index (κ1) is 22.0. The molecule has 1 aliphatic carbocycles. The second-order valence-corrected chi connectivity index (χ2v) is 8.50. The third-order valence-electron chi connectivity index (χ3n) is 6.07. The Balaban J connectivity index is 1.31. The number of aromatic nitrogens is 3. The number of rotatable bonds is 7. The first-order chi connectivity index (χ1) is 15.4. The van der Waals surface area contributed by atoms with Crippen molar-refractivity contribution in [1.82, 2.24) is 25.4 Å². The Labute approximate surface area is 187 Å². The van der Waals surface area contributed by atoms with Gasteiger partial charge in [-0.05, 0) is 43.9 Å². The van der Waals surface area contributed by atoms with Crippen LogP contribution in [0.1, 0.15) is 63.6 Å². The van der Waals surface area contributed by atoms with E-state index in [9.17, 15) is 14.7 Å². The Morgan fingerprint density at radius 2 is 1.75 bits per heavy atom. The van der Waals surface area contributed by atoms with Crippen molar-refractivity contribution in [3.63, 3.8) is 0 Å². The summed E-state index contributed by atoms with van der Waals surface area (Å²) in [5, 5.41) is 21.0. The lowest BCUT2D eigenvalue weighted by Crippen LogP contribution is -2.40. The molecular formula is C24H29N5O3. The number of nitrogens with zero attached hydrogens (tertiary/aromatic N) is 3. The molecular weight excluding hydrogens is 406 g/mol. The number of aryl methyl sites for hydroxylation is 2. The zero-order chi connectivity index (χ0) is 22.7. The van der Waals surface area contributed by atoms with Gasteiger partial charge in [0.05, 0.1) is 23.9 Å². The van der Waals surface area contributed by atoms with E-state index >= 15 is 0 Å². The Morgan fingerprint density at radius 3 is 2.44 bits per heavy atom. The van der Waals surface area contributed by atoms with Crippen LogP contribution in [0.5, 0.6) is 0 Å². The molecule has 2 heterocycles. The van der Waals surface area contributed by atoms with E-state index in [0.29, 0.717) is 17.2 Å². The molecule has 2 amide bonds. The Morgan fingerprint density at radius 1 is 1.09 bits per heavy atom. The number of hydrogen-bond acceptors (Lipinski definition) is 5. The molecule has 1 saturated carbocycles. The number of carbonyl (C=O) groups excluding carboxylic acids is 2. The quantitative estimate of drug-likeness (QED) is 0.529. The van der Waals surface area contributed by atoms with Gasteiger partial charge in [-0.25, -0.2) is 9.67 Å². The topological polar surface area (TPSA) is 109 Å². The van der Waals surface area contributed by atoms with Gasteiger partial charge in [-0.2, -0.15) is 5.10 Å². The second kappa shape index (κ2) is 9.48. The van der Waals surface area contributed by atoms with Crippen molar-refractivity contribution in [3.8, 4) is 0 Å². The van der Waals surface area contributed by atoms with Crippen molar-refractivity contribution in [2.24, 2.45) is 0 Å². The van der Waals surface area contributed by atoms with E-state index in [1.807, 2.05) is 36.7 Å². The predicted molar refractivity (Wildman–Crippen MR) is 122 cm³/mol. The molecule has 32 heavy (non-hydrogen) atoms. The van der Waals surface area contributed by atoms with Crippen molar-refractivity contribution in [1.29, 1.82) is 0 Å². The SMILES string of the molecule is Cc1cccc(C)c1C(=O)NCC(O)CNC(=O)c1cnc2c(cnn2C2CCCC2)c1. The third-order valence-corrected chi connectivity index (χ3v) is 6.07. The van der Waals surface area contributed by atoms with Gasteiger partial charge in [0, 0.05) is 30.2 Å². The van der Waals surface area contributed by atoms with Crippen LogP contribution in [-0.2, 0) is 0 Å². The lowest BCUT2D eigenvalue weighted by atomic mass is 10.0. The van der Waals surface area contributed by atoms with Crippen LogP contribution in [0.25, 0.3) is 11.0 Å². The van der Waals surface area contributed by atoms with Gasteiger partial charge >= 0.3 is 0 Å². The molecule has 0 radical (unpaired) electrons. The van der Waals surface area contributed by atoms with Gasteiger partial charge in [-0.15, -0.1) is 0 Å². The zero-order valence-corrected chi connectivity index (χ0v) is 18.5. The maximum absolute atomic E-state index is 12.5. The Hall–Kier alpha value is -3.26. The number of benzene rings is 1. The summed E-state index contributed by atoms with van der Waals surface area (Å²) in [6.07, 6.45) is 7.01. The number of amides is 2. The Bertz CT molecular complexity index is 1110. The molecule has 2 aromatic heterocycles. The van der Waals surface area contributed by atoms with Crippen LogP contribution in [0.15, 0.2) is 36.7 Å². The van der Waals surface area contributed by atoms with Gasteiger partial charge in [0.15, 0.2) is 5.65 Å². The average Bonchev–Trinajstić information content (AvgIpc) is 3.45. The van der Waals surface area contributed by atoms with Crippen molar-refractivity contribution < 1.29 is 14.7 Å². The predicted octanol–water partition coefficient (Wildman–Crippen LogP) is 2.68. The number of aliphatic hydroxyl groups excluding tert-OH is 1. The molecule has 8 nitrogen and oxygen atoms in total. The van der Waals surface area contributed by atoms with E-state index in [0.717, 1.165) is 35.0 Å². The van der Waals surface area contributed by atoms with Gasteiger partial charge < -0.3 is 15.7 Å². The molecule has 1 aromatic carbocycles. The standard InChI is InChI=1S/C24H29N5O3/c1-15-6-5-7-16(2)21(15)24(32)27-14-20(30)13-26-23(31)18-10-17-12-28-29(22(17)25-11-18)19-8-3-4-9-19/h5-7,10-12,19-20,30H,3-4,8-9,13-14H2,1-2H3,(H,26,31)(H,27,32). The number of fused-ring (bicyclic) bond motifs is 1. The summed E-state index contributed by atoms with van der Waals surface area (Å²) in [6.45, 7) is 3.81. The van der Waals surface area contributed by atoms with Gasteiger partial charge in [-0.1, -0.05) is 31.0 Å². The summed E-state index contributed by atoms with van der Waals surface area (Å²) in [5.41, 5.74) is 3.58. The molecule has 0 spiro atoms. The van der Waals surface area contributed by atoms with Crippen molar-refractivity contribution in [2.75, 3.05) is 13.1 Å². The maximum atomic E-state index is 12.5. The monoisotopic (exact) mass is 435 g/mol. The van der Waals surface area contributed by atoms with Crippen molar-refractivity contribution >= 4 is 22.8 Å². The van der Waals surface area contributed by atoms with E-state index in [4.69, 9.17) is 0 Å². The van der Waals surface area contributed by atoms with Gasteiger partial charge in [0.2, 0.25) is 0 Å². The molecule has 0 bridgehead atoms. The summed E-state index contributed by atoms with van der Waals surface area (Å²) >= 11 is 0. The summed E-state index contributed by atoms with van der Waals surface area (Å²) in [6, 6.07) is 7.80. The van der Waals surface area contributed by atoms with Crippen LogP contribution >= 0.6 is 0 Å². The molecule has 3 aromatic rings. The number of hydrogen-bond donors (Lipinski definition) is 3. The van der Waals surface area contributed by atoms with Gasteiger partial charge in [0.1, 0.15) is 0 Å². The molecule has 0 aliphatic heterocycles. The molecule has 168 valence electrons. The first-order valence-corrected chi connectivity index (χ1v) is 11.1. The highest BCUT2D eigenvalue weighted by molar-refractivity contribution is 5.97.